The van der Waals surface area contributed by atoms with Crippen LogP contribution in [0.5, 0.6) is 23.0 Å². The highest BCUT2D eigenvalue weighted by Gasteiger charge is 2.50. The Morgan fingerprint density at radius 1 is 0.949 bits per heavy atom. The highest BCUT2D eigenvalue weighted by molar-refractivity contribution is 6.23. The minimum Gasteiger partial charge on any atom is -0.507 e. The third-order valence-corrected chi connectivity index (χ3v) is 11.9. The number of amides is 1. The van der Waals surface area contributed by atoms with Gasteiger partial charge in [-0.05, 0) is 27.0 Å². The molecule has 0 spiro atoms. The molecule has 2 aromatic carbocycles. The van der Waals surface area contributed by atoms with Gasteiger partial charge < -0.3 is 54.7 Å². The highest BCUT2D eigenvalue weighted by atomic mass is 16.7. The van der Waals surface area contributed by atoms with Gasteiger partial charge in [-0.15, -0.1) is 0 Å². The van der Waals surface area contributed by atoms with E-state index in [-0.39, 0.29) is 44.5 Å². The Kier molecular flexibility index (Phi) is 13.7. The Balaban J connectivity index is 1.70. The molecule has 6 N–H and O–H groups in total. The molecule has 0 unspecified atom stereocenters. The average Bonchev–Trinajstić information content (AvgIpc) is 3.46. The number of benzene rings is 2. The van der Waals surface area contributed by atoms with Crippen molar-refractivity contribution < 1.29 is 58.9 Å². The standard InChI is InChI=1S/C43H58N4O12/c1-21-12-11-13-22(2)42(55)45-33-28(20-44-47-17-15-46(9)16-18-47)37(52)30-31(38(33)53)36(51)26(6)40-32(30)41(54)43(8,59-40)57-19-14-29(56-10)23(3)39(58-27(7)48)25(5)35(50)24(4)34(21)49/h11-14,19-21,23-25,29,34-35,39,49-53H,15-18H2,1-10H3,(H,45,55)/b12-11+,19-14+,22-13?,44-20-/t21-,23+,24+,25+,29-,34-,35+,39+,43-/m0/s1. The molecule has 5 bridgehead atoms. The lowest BCUT2D eigenvalue weighted by Gasteiger charge is -2.38. The van der Waals surface area contributed by atoms with Crippen LogP contribution in [0.2, 0.25) is 0 Å². The number of nitrogens with one attached hydrogen (secondary N) is 1. The number of aromatic hydroxyl groups is 3. The van der Waals surface area contributed by atoms with Crippen molar-refractivity contribution in [3.8, 4) is 23.0 Å². The topological polar surface area (TPSA) is 220 Å². The van der Waals surface area contributed by atoms with Crippen LogP contribution in [0.15, 0.2) is 41.2 Å². The van der Waals surface area contributed by atoms with Gasteiger partial charge in [-0.1, -0.05) is 45.9 Å². The average molecular weight is 823 g/mol. The third kappa shape index (κ3) is 8.91. The second-order valence-corrected chi connectivity index (χ2v) is 16.1. The number of phenolic OH excluding ortho intramolecular Hbond substituents is 3. The molecule has 0 aromatic heterocycles. The first kappa shape index (κ1) is 44.9. The first-order valence-electron chi connectivity index (χ1n) is 19.8. The molecule has 6 rings (SSSR count). The van der Waals surface area contributed by atoms with Crippen molar-refractivity contribution in [1.82, 2.24) is 9.91 Å². The van der Waals surface area contributed by atoms with Crippen molar-refractivity contribution in [3.63, 3.8) is 0 Å². The van der Waals surface area contributed by atoms with Gasteiger partial charge in [0.05, 0.1) is 53.0 Å². The fourth-order valence-corrected chi connectivity index (χ4v) is 7.92. The summed E-state index contributed by atoms with van der Waals surface area (Å²) in [6.07, 6.45) is 4.86. The smallest absolute Gasteiger partial charge is 0.312 e. The monoisotopic (exact) mass is 822 g/mol. The second kappa shape index (κ2) is 18.0. The van der Waals surface area contributed by atoms with Crippen LogP contribution < -0.4 is 10.1 Å². The van der Waals surface area contributed by atoms with E-state index in [2.05, 4.69) is 15.3 Å². The lowest BCUT2D eigenvalue weighted by Crippen LogP contribution is -2.46. The van der Waals surface area contributed by atoms with E-state index in [1.54, 1.807) is 44.9 Å². The number of piperazine rings is 1. The van der Waals surface area contributed by atoms with Gasteiger partial charge in [0.25, 0.3) is 11.7 Å². The number of hydrogen-bond acceptors (Lipinski definition) is 15. The van der Waals surface area contributed by atoms with E-state index in [1.165, 1.54) is 59.4 Å². The normalized spacial score (nSPS) is 31.2. The second-order valence-electron chi connectivity index (χ2n) is 16.1. The fourth-order valence-electron chi connectivity index (χ4n) is 7.92. The summed E-state index contributed by atoms with van der Waals surface area (Å²) in [5.74, 6) is -8.34. The van der Waals surface area contributed by atoms with Crippen molar-refractivity contribution in [2.45, 2.75) is 85.6 Å². The maximum Gasteiger partial charge on any atom is 0.312 e. The predicted molar refractivity (Wildman–Crippen MR) is 220 cm³/mol. The van der Waals surface area contributed by atoms with Crippen molar-refractivity contribution in [2.24, 2.45) is 28.8 Å². The quantitative estimate of drug-likeness (QED) is 0.109. The number of ether oxygens (including phenoxy) is 4. The van der Waals surface area contributed by atoms with Gasteiger partial charge in [0.1, 0.15) is 23.4 Å². The minimum atomic E-state index is -2.04. The number of ketones is 1. The molecule has 2 aromatic rings. The van der Waals surface area contributed by atoms with Crippen LogP contribution in [0.1, 0.15) is 70.0 Å². The number of carbonyl (C=O) groups excluding carboxylic acids is 3. The molecule has 9 atom stereocenters. The number of aliphatic hydroxyl groups is 2. The first-order chi connectivity index (χ1) is 27.7. The number of rotatable bonds is 4. The number of methoxy groups -OCH3 is 1. The number of allylic oxidation sites excluding steroid dienone is 2. The molecule has 0 aliphatic carbocycles. The van der Waals surface area contributed by atoms with Gasteiger partial charge in [0.15, 0.2) is 5.75 Å². The molecule has 16 heteroatoms. The zero-order valence-corrected chi connectivity index (χ0v) is 35.3. The van der Waals surface area contributed by atoms with E-state index in [4.69, 9.17) is 18.9 Å². The predicted octanol–water partition coefficient (Wildman–Crippen LogP) is 4.34. The molecular weight excluding hydrogens is 764 g/mol. The number of phenols is 3. The molecule has 4 aliphatic rings. The van der Waals surface area contributed by atoms with Crippen LogP contribution in [0.3, 0.4) is 0 Å². The first-order valence-corrected chi connectivity index (χ1v) is 19.8. The summed E-state index contributed by atoms with van der Waals surface area (Å²) >= 11 is 0. The summed E-state index contributed by atoms with van der Waals surface area (Å²) < 4.78 is 23.6. The van der Waals surface area contributed by atoms with Crippen molar-refractivity contribution >= 4 is 40.3 Å². The number of hydrazone groups is 1. The zero-order valence-electron chi connectivity index (χ0n) is 35.3. The van der Waals surface area contributed by atoms with Crippen LogP contribution in [-0.4, -0.2) is 130 Å². The molecule has 1 fully saturated rings. The number of nitrogens with zero attached hydrogens (tertiary/aromatic N) is 3. The number of anilines is 1. The fraction of sp³-hybridized carbons (Fsp3) is 0.535. The van der Waals surface area contributed by atoms with Gasteiger partial charge in [-0.25, -0.2) is 0 Å². The van der Waals surface area contributed by atoms with Crippen LogP contribution in [-0.2, 0) is 23.8 Å². The summed E-state index contributed by atoms with van der Waals surface area (Å²) in [6, 6.07) is 0. The van der Waals surface area contributed by atoms with Gasteiger partial charge in [-0.3, -0.25) is 19.4 Å². The molecular formula is C43H58N4O12. The number of likely N-dealkylation sites (N-methyl/N-ethyl adjacent to an activating group) is 1. The van der Waals surface area contributed by atoms with Gasteiger partial charge >= 0.3 is 11.8 Å². The summed E-state index contributed by atoms with van der Waals surface area (Å²) in [6.45, 7) is 15.1. The number of Topliss-reactive ketones (excluding diaryl/α,β-unsaturated/α-hetero) is 1. The van der Waals surface area contributed by atoms with Gasteiger partial charge in [0, 0.05) is 87.3 Å². The number of aliphatic hydroxyl groups excluding tert-OH is 2. The molecule has 0 radical (unpaired) electrons. The highest BCUT2D eigenvalue weighted by Crippen LogP contribution is 2.55. The van der Waals surface area contributed by atoms with E-state index in [0.29, 0.717) is 13.1 Å². The van der Waals surface area contributed by atoms with Gasteiger partial charge in [0.2, 0.25) is 0 Å². The van der Waals surface area contributed by atoms with E-state index >= 15 is 0 Å². The molecule has 0 saturated carbocycles. The summed E-state index contributed by atoms with van der Waals surface area (Å²) in [4.78, 5) is 42.6. The maximum atomic E-state index is 14.4. The van der Waals surface area contributed by atoms with Crippen LogP contribution >= 0.6 is 0 Å². The Morgan fingerprint density at radius 3 is 2.24 bits per heavy atom. The number of fused-ring (bicyclic) bond motifs is 14. The van der Waals surface area contributed by atoms with Crippen molar-refractivity contribution in [1.29, 1.82) is 0 Å². The van der Waals surface area contributed by atoms with E-state index in [9.17, 15) is 39.9 Å². The zero-order chi connectivity index (χ0) is 43.7. The van der Waals surface area contributed by atoms with Crippen LogP contribution in [0.25, 0.3) is 10.8 Å². The Hall–Kier alpha value is -5.16. The molecule has 322 valence electrons. The largest absolute Gasteiger partial charge is 0.507 e. The van der Waals surface area contributed by atoms with Crippen LogP contribution in [0, 0.1) is 30.6 Å². The Labute approximate surface area is 344 Å². The molecule has 4 aliphatic heterocycles. The summed E-state index contributed by atoms with van der Waals surface area (Å²) in [5.41, 5.74) is -0.350. The van der Waals surface area contributed by atoms with E-state index < -0.39 is 88.8 Å². The number of carbonyl (C=O) groups is 3. The number of hydrogen-bond donors (Lipinski definition) is 6. The summed E-state index contributed by atoms with van der Waals surface area (Å²) in [7, 11) is 3.42. The third-order valence-electron chi connectivity index (χ3n) is 11.9. The van der Waals surface area contributed by atoms with Crippen molar-refractivity contribution in [2.75, 3.05) is 45.7 Å². The molecule has 4 heterocycles. The molecule has 16 nitrogen and oxygen atoms in total. The van der Waals surface area contributed by atoms with Crippen molar-refractivity contribution in [3.05, 3.63) is 52.8 Å². The Morgan fingerprint density at radius 2 is 1.61 bits per heavy atom. The number of esters is 1. The Bertz CT molecular complexity index is 2070. The molecule has 1 saturated heterocycles. The lowest BCUT2D eigenvalue weighted by atomic mass is 9.78. The SMILES string of the molecule is CO[C@H]1/C=C/O[C@@]2(C)Oc3c(C)c(O)c4c(O)c(c(/C=N\N5CCN(C)CC5)c(O)c4c3C2=O)NC(=O)C(C)=C/C=C/[C@H](C)[C@H](O)[C@@H](C)[C@@H](O)[C@@H](C)[C@H](OC(C)=O)[C@@H]1C. The van der Waals surface area contributed by atoms with E-state index in [1.807, 2.05) is 7.05 Å². The van der Waals surface area contributed by atoms with E-state index in [0.717, 1.165) is 13.1 Å². The molecule has 1 amide bonds. The maximum absolute atomic E-state index is 14.4. The lowest BCUT2D eigenvalue weighted by molar-refractivity contribution is -0.160. The van der Waals surface area contributed by atoms with Gasteiger partial charge in [-0.2, -0.15) is 5.10 Å². The molecule has 59 heavy (non-hydrogen) atoms. The van der Waals surface area contributed by atoms with Crippen LogP contribution in [0.4, 0.5) is 5.69 Å². The minimum absolute atomic E-state index is 0.0559. The summed E-state index contributed by atoms with van der Waals surface area (Å²) in [5, 5.41) is 66.8.